The number of hydrogen-bond donors (Lipinski definition) is 0. The van der Waals surface area contributed by atoms with Crippen LogP contribution >= 0.6 is 0 Å². The van der Waals surface area contributed by atoms with Crippen LogP contribution in [0.2, 0.25) is 0 Å². The van der Waals surface area contributed by atoms with Crippen LogP contribution in [0.15, 0.2) is 4.52 Å². The largest absolute Gasteiger partial charge is 0.379 e. The molecule has 0 saturated carbocycles. The Labute approximate surface area is 102 Å². The molecule has 1 aliphatic heterocycles. The maximum Gasteiger partial charge on any atom is 0.240 e. The highest BCUT2D eigenvalue weighted by atomic mass is 16.5. The van der Waals surface area contributed by atoms with Gasteiger partial charge in [0.2, 0.25) is 5.89 Å². The first-order valence-corrected chi connectivity index (χ1v) is 6.28. The van der Waals surface area contributed by atoms with Crippen molar-refractivity contribution in [3.63, 3.8) is 0 Å². The van der Waals surface area contributed by atoms with E-state index in [0.717, 1.165) is 44.4 Å². The van der Waals surface area contributed by atoms with Crippen LogP contribution in [0.1, 0.15) is 32.5 Å². The van der Waals surface area contributed by atoms with Gasteiger partial charge in [0.1, 0.15) is 0 Å². The molecule has 0 aliphatic carbocycles. The molecular weight excluding hydrogens is 218 g/mol. The summed E-state index contributed by atoms with van der Waals surface area (Å²) in [7, 11) is 0. The molecule has 1 fully saturated rings. The molecule has 0 spiro atoms. The molecule has 1 aliphatic rings. The second-order valence-electron chi connectivity index (χ2n) is 5.10. The van der Waals surface area contributed by atoms with Crippen molar-refractivity contribution in [1.29, 1.82) is 0 Å². The van der Waals surface area contributed by atoms with E-state index in [1.54, 1.807) is 0 Å². The van der Waals surface area contributed by atoms with Crippen LogP contribution in [-0.2, 0) is 17.7 Å². The third kappa shape index (κ3) is 3.51. The highest BCUT2D eigenvalue weighted by Crippen LogP contribution is 2.11. The SMILES string of the molecule is CC(C)Cc1noc(CN2CCOC[C@@H]2C)n1. The summed E-state index contributed by atoms with van der Waals surface area (Å²) < 4.78 is 10.7. The van der Waals surface area contributed by atoms with Crippen molar-refractivity contribution < 1.29 is 9.26 Å². The maximum atomic E-state index is 5.40. The van der Waals surface area contributed by atoms with Crippen molar-refractivity contribution in [2.45, 2.75) is 39.8 Å². The second kappa shape index (κ2) is 5.60. The number of rotatable bonds is 4. The topological polar surface area (TPSA) is 51.4 Å². The summed E-state index contributed by atoms with van der Waals surface area (Å²) in [5, 5.41) is 4.00. The minimum absolute atomic E-state index is 0.421. The lowest BCUT2D eigenvalue weighted by molar-refractivity contribution is -0.00852. The first-order valence-electron chi connectivity index (χ1n) is 6.28. The molecule has 0 unspecified atom stereocenters. The van der Waals surface area contributed by atoms with Gasteiger partial charge in [0.05, 0.1) is 19.8 Å². The van der Waals surface area contributed by atoms with Crippen molar-refractivity contribution in [3.05, 3.63) is 11.7 Å². The van der Waals surface area contributed by atoms with E-state index in [4.69, 9.17) is 9.26 Å². The fraction of sp³-hybridized carbons (Fsp3) is 0.833. The van der Waals surface area contributed by atoms with Gasteiger partial charge in [0, 0.05) is 19.0 Å². The summed E-state index contributed by atoms with van der Waals surface area (Å²) in [6, 6.07) is 0.421. The van der Waals surface area contributed by atoms with E-state index in [-0.39, 0.29) is 0 Å². The smallest absolute Gasteiger partial charge is 0.240 e. The van der Waals surface area contributed by atoms with E-state index in [0.29, 0.717) is 12.0 Å². The predicted molar refractivity (Wildman–Crippen MR) is 63.5 cm³/mol. The monoisotopic (exact) mass is 239 g/mol. The number of ether oxygens (including phenoxy) is 1. The van der Waals surface area contributed by atoms with Gasteiger partial charge in [-0.05, 0) is 12.8 Å². The number of morpholine rings is 1. The standard InChI is InChI=1S/C12H21N3O2/c1-9(2)6-11-13-12(17-14-11)7-15-4-5-16-8-10(15)3/h9-10H,4-8H2,1-3H3/t10-/m0/s1. The average molecular weight is 239 g/mol. The van der Waals surface area contributed by atoms with E-state index in [1.165, 1.54) is 0 Å². The van der Waals surface area contributed by atoms with Crippen LogP contribution in [0, 0.1) is 5.92 Å². The molecule has 17 heavy (non-hydrogen) atoms. The van der Waals surface area contributed by atoms with E-state index in [2.05, 4.69) is 35.8 Å². The Kier molecular flexibility index (Phi) is 4.12. The molecular formula is C12H21N3O2. The van der Waals surface area contributed by atoms with E-state index >= 15 is 0 Å². The van der Waals surface area contributed by atoms with Crippen LogP contribution in [0.25, 0.3) is 0 Å². The van der Waals surface area contributed by atoms with Crippen molar-refractivity contribution in [2.75, 3.05) is 19.8 Å². The molecule has 0 N–H and O–H groups in total. The van der Waals surface area contributed by atoms with Gasteiger partial charge in [-0.15, -0.1) is 0 Å². The minimum atomic E-state index is 0.421. The van der Waals surface area contributed by atoms with Gasteiger partial charge in [0.15, 0.2) is 5.82 Å². The molecule has 0 radical (unpaired) electrons. The lowest BCUT2D eigenvalue weighted by atomic mass is 10.1. The zero-order chi connectivity index (χ0) is 12.3. The van der Waals surface area contributed by atoms with Gasteiger partial charge < -0.3 is 9.26 Å². The van der Waals surface area contributed by atoms with Crippen molar-refractivity contribution in [3.8, 4) is 0 Å². The summed E-state index contributed by atoms with van der Waals surface area (Å²) in [5.74, 6) is 2.09. The third-order valence-electron chi connectivity index (χ3n) is 2.94. The molecule has 5 nitrogen and oxygen atoms in total. The summed E-state index contributed by atoms with van der Waals surface area (Å²) >= 11 is 0. The molecule has 1 aromatic heterocycles. The van der Waals surface area contributed by atoms with E-state index in [9.17, 15) is 0 Å². The van der Waals surface area contributed by atoms with Gasteiger partial charge in [0.25, 0.3) is 0 Å². The number of hydrogen-bond acceptors (Lipinski definition) is 5. The zero-order valence-electron chi connectivity index (χ0n) is 10.8. The summed E-state index contributed by atoms with van der Waals surface area (Å²) in [4.78, 5) is 6.73. The molecule has 96 valence electrons. The molecule has 2 heterocycles. The summed E-state index contributed by atoms with van der Waals surface area (Å²) in [6.07, 6.45) is 0.877. The Balaban J connectivity index is 1.91. The molecule has 1 saturated heterocycles. The van der Waals surface area contributed by atoms with Crippen LogP contribution in [-0.4, -0.2) is 40.8 Å². The number of nitrogens with zero attached hydrogens (tertiary/aromatic N) is 3. The molecule has 5 heteroatoms. The number of aromatic nitrogens is 2. The molecule has 0 aromatic carbocycles. The Morgan fingerprint density at radius 3 is 3.00 bits per heavy atom. The van der Waals surface area contributed by atoms with Gasteiger partial charge in [-0.1, -0.05) is 19.0 Å². The van der Waals surface area contributed by atoms with Gasteiger partial charge in [-0.2, -0.15) is 4.98 Å². The Morgan fingerprint density at radius 1 is 1.47 bits per heavy atom. The van der Waals surface area contributed by atoms with Gasteiger partial charge in [-0.3, -0.25) is 4.90 Å². The second-order valence-corrected chi connectivity index (χ2v) is 5.10. The maximum absolute atomic E-state index is 5.40. The highest BCUT2D eigenvalue weighted by Gasteiger charge is 2.21. The highest BCUT2D eigenvalue weighted by molar-refractivity contribution is 4.88. The summed E-state index contributed by atoms with van der Waals surface area (Å²) in [5.41, 5.74) is 0. The van der Waals surface area contributed by atoms with E-state index < -0.39 is 0 Å². The van der Waals surface area contributed by atoms with Crippen molar-refractivity contribution >= 4 is 0 Å². The van der Waals surface area contributed by atoms with Crippen molar-refractivity contribution in [1.82, 2.24) is 15.0 Å². The van der Waals surface area contributed by atoms with Crippen molar-refractivity contribution in [2.24, 2.45) is 5.92 Å². The lowest BCUT2D eigenvalue weighted by Crippen LogP contribution is -2.42. The average Bonchev–Trinajstić information content (AvgIpc) is 2.68. The summed E-state index contributed by atoms with van der Waals surface area (Å²) in [6.45, 7) is 9.70. The Morgan fingerprint density at radius 2 is 2.29 bits per heavy atom. The van der Waals surface area contributed by atoms with Gasteiger partial charge in [-0.25, -0.2) is 0 Å². The first-order chi connectivity index (χ1) is 8.15. The molecule has 1 aromatic rings. The third-order valence-corrected chi connectivity index (χ3v) is 2.94. The zero-order valence-corrected chi connectivity index (χ0v) is 10.8. The fourth-order valence-corrected chi connectivity index (χ4v) is 1.97. The van der Waals surface area contributed by atoms with Crippen LogP contribution in [0.3, 0.4) is 0 Å². The molecule has 0 bridgehead atoms. The Bertz CT molecular complexity index is 351. The Hall–Kier alpha value is -0.940. The van der Waals surface area contributed by atoms with Gasteiger partial charge >= 0.3 is 0 Å². The first kappa shape index (κ1) is 12.5. The quantitative estimate of drug-likeness (QED) is 0.796. The molecule has 1 atom stereocenters. The van der Waals surface area contributed by atoms with Crippen LogP contribution in [0.5, 0.6) is 0 Å². The minimum Gasteiger partial charge on any atom is -0.379 e. The fourth-order valence-electron chi connectivity index (χ4n) is 1.97. The molecule has 2 rings (SSSR count). The normalized spacial score (nSPS) is 22.2. The lowest BCUT2D eigenvalue weighted by Gasteiger charge is -2.31. The van der Waals surface area contributed by atoms with Crippen LogP contribution in [0.4, 0.5) is 0 Å². The molecule has 0 amide bonds. The van der Waals surface area contributed by atoms with Crippen LogP contribution < -0.4 is 0 Å². The van der Waals surface area contributed by atoms with E-state index in [1.807, 2.05) is 0 Å². The predicted octanol–water partition coefficient (Wildman–Crippen LogP) is 1.49.